The summed E-state index contributed by atoms with van der Waals surface area (Å²) in [5.41, 5.74) is -0.132. The molecule has 3 nitrogen and oxygen atoms in total. The molecule has 1 heterocycles. The van der Waals surface area contributed by atoms with Crippen molar-refractivity contribution in [3.63, 3.8) is 0 Å². The van der Waals surface area contributed by atoms with E-state index in [1.54, 1.807) is 6.92 Å². The molecule has 1 aliphatic rings. The molecule has 1 aliphatic heterocycles. The molecule has 0 aromatic heterocycles. The van der Waals surface area contributed by atoms with Crippen molar-refractivity contribution in [1.82, 2.24) is 4.90 Å². The Morgan fingerprint density at radius 2 is 2.05 bits per heavy atom. The number of hydrogen-bond acceptors (Lipinski definition) is 2. The molecule has 1 amide bonds. The van der Waals surface area contributed by atoms with Gasteiger partial charge in [0.2, 0.25) is 5.91 Å². The number of carbonyl (C=O) groups is 1. The average Bonchev–Trinajstić information content (AvgIpc) is 2.44. The van der Waals surface area contributed by atoms with Crippen LogP contribution in [0.15, 0.2) is 24.8 Å². The van der Waals surface area contributed by atoms with Crippen LogP contribution in [0.25, 0.3) is 5.70 Å². The molecule has 0 saturated carbocycles. The Morgan fingerprint density at radius 3 is 2.59 bits per heavy atom. The predicted molar refractivity (Wildman–Crippen MR) is 75.3 cm³/mol. The Bertz CT molecular complexity index is 593. The quantitative estimate of drug-likeness (QED) is 0.593. The second-order valence-electron chi connectivity index (χ2n) is 4.89. The Kier molecular flexibility index (Phi) is 6.88. The van der Waals surface area contributed by atoms with Crippen LogP contribution < -0.4 is 4.74 Å². The van der Waals surface area contributed by atoms with Gasteiger partial charge < -0.3 is 9.64 Å². The van der Waals surface area contributed by atoms with Crippen LogP contribution in [0.3, 0.4) is 0 Å². The van der Waals surface area contributed by atoms with Crippen LogP contribution in [-0.2, 0) is 37.5 Å². The van der Waals surface area contributed by atoms with E-state index in [2.05, 4.69) is 12.7 Å². The third-order valence-electron chi connectivity index (χ3n) is 3.28. The molecule has 1 radical (unpaired) electrons. The van der Waals surface area contributed by atoms with Crippen molar-refractivity contribution in [2.45, 2.75) is 13.3 Å². The van der Waals surface area contributed by atoms with Gasteiger partial charge in [0.1, 0.15) is 12.4 Å². The molecule has 1 atom stereocenters. The number of hydrogen-bond donors (Lipinski definition) is 0. The van der Waals surface area contributed by atoms with Crippen LogP contribution in [0.2, 0.25) is 0 Å². The molecule has 0 N–H and O–H groups in total. The van der Waals surface area contributed by atoms with E-state index in [9.17, 15) is 13.6 Å². The number of carbonyl (C=O) groups excluding carboxylic acids is 1. The first-order valence-corrected chi connectivity index (χ1v) is 6.57. The van der Waals surface area contributed by atoms with Crippen LogP contribution in [-0.4, -0.2) is 24.5 Å². The first kappa shape index (κ1) is 19.0. The minimum absolute atomic E-state index is 0. The maximum atomic E-state index is 14.2. The van der Waals surface area contributed by atoms with Gasteiger partial charge in [0.25, 0.3) is 0 Å². The van der Waals surface area contributed by atoms with Crippen LogP contribution in [0.4, 0.5) is 8.78 Å². The summed E-state index contributed by atoms with van der Waals surface area (Å²) in [5, 5.41) is 0. The van der Waals surface area contributed by atoms with E-state index in [0.717, 1.165) is 12.1 Å². The Hall–Kier alpha value is -1.07. The van der Waals surface area contributed by atoms with Crippen LogP contribution in [0.5, 0.6) is 5.75 Å². The van der Waals surface area contributed by atoms with Gasteiger partial charge in [-0.1, -0.05) is 31.6 Å². The number of allylic oxidation sites excluding steroid dienone is 1. The summed E-state index contributed by atoms with van der Waals surface area (Å²) in [4.78, 5) is 13.2. The minimum Gasteiger partial charge on any atom is -0.489 e. The zero-order chi connectivity index (χ0) is 15.6. The van der Waals surface area contributed by atoms with Crippen LogP contribution in [0, 0.1) is 23.6 Å². The normalized spacial score (nSPS) is 17.6. The van der Waals surface area contributed by atoms with Gasteiger partial charge in [0.05, 0.1) is 11.6 Å². The van der Waals surface area contributed by atoms with Gasteiger partial charge in [-0.3, -0.25) is 4.79 Å². The summed E-state index contributed by atoms with van der Waals surface area (Å²) >= 11 is 0. The molecule has 115 valence electrons. The van der Waals surface area contributed by atoms with E-state index in [1.807, 2.05) is 0 Å². The van der Waals surface area contributed by atoms with E-state index in [4.69, 9.17) is 4.74 Å². The maximum Gasteiger partial charge on any atom is 0.225 e. The summed E-state index contributed by atoms with van der Waals surface area (Å²) in [5.74, 6) is -1.92. The Morgan fingerprint density at radius 1 is 1.45 bits per heavy atom. The molecular weight excluding hydrogens is 365 g/mol. The smallest absolute Gasteiger partial charge is 0.225 e. The molecule has 0 fully saturated rings. The topological polar surface area (TPSA) is 29.5 Å². The molecular formula is C16H16F2NO2Y-. The molecule has 0 aliphatic carbocycles. The number of nitrogens with zero attached hydrogens (tertiary/aromatic N) is 1. The Balaban J connectivity index is 0.00000242. The summed E-state index contributed by atoms with van der Waals surface area (Å²) in [6.07, 6.45) is 4.71. The van der Waals surface area contributed by atoms with Gasteiger partial charge in [0.15, 0.2) is 0 Å². The number of halogens is 2. The van der Waals surface area contributed by atoms with Crippen LogP contribution >= 0.6 is 0 Å². The fraction of sp³-hybridized carbons (Fsp3) is 0.312. The largest absolute Gasteiger partial charge is 0.489 e. The van der Waals surface area contributed by atoms with E-state index in [0.29, 0.717) is 6.42 Å². The van der Waals surface area contributed by atoms with Crippen molar-refractivity contribution < 1.29 is 51.0 Å². The number of rotatable bonds is 4. The molecule has 1 aromatic carbocycles. The first-order chi connectivity index (χ1) is 9.95. The average molecular weight is 381 g/mol. The van der Waals surface area contributed by atoms with E-state index >= 15 is 0 Å². The summed E-state index contributed by atoms with van der Waals surface area (Å²) in [7, 11) is 1.49. The van der Waals surface area contributed by atoms with Crippen molar-refractivity contribution >= 4 is 11.6 Å². The summed E-state index contributed by atoms with van der Waals surface area (Å²) in [6.45, 7) is 5.37. The van der Waals surface area contributed by atoms with Crippen molar-refractivity contribution in [2.75, 3.05) is 13.7 Å². The van der Waals surface area contributed by atoms with Gasteiger partial charge in [-0.05, 0) is 12.1 Å². The van der Waals surface area contributed by atoms with Crippen molar-refractivity contribution in [3.8, 4) is 5.75 Å². The van der Waals surface area contributed by atoms with E-state index in [1.165, 1.54) is 18.0 Å². The second kappa shape index (κ2) is 7.98. The molecule has 22 heavy (non-hydrogen) atoms. The minimum atomic E-state index is -0.786. The van der Waals surface area contributed by atoms with Gasteiger partial charge in [-0.2, -0.15) is 0 Å². The van der Waals surface area contributed by atoms with E-state index < -0.39 is 11.6 Å². The first-order valence-electron chi connectivity index (χ1n) is 6.57. The summed E-state index contributed by atoms with van der Waals surface area (Å²) in [6, 6.07) is 2.18. The third kappa shape index (κ3) is 3.82. The fourth-order valence-electron chi connectivity index (χ4n) is 2.17. The van der Waals surface area contributed by atoms with Gasteiger partial charge in [-0.25, -0.2) is 14.9 Å². The molecule has 2 rings (SSSR count). The standard InChI is InChI=1S/C16H16F2NO2.Y/c1-4-7-21-11-8-12(17)15(13(18)9-11)14-6-5-10(2)16(20)19(14)3;/h4,8-10H,1,5,7H2,2-3H3;/q-1;. The molecule has 1 unspecified atom stereocenters. The van der Waals surface area contributed by atoms with Gasteiger partial charge in [0, 0.05) is 45.7 Å². The number of ether oxygens (including phenoxy) is 1. The third-order valence-corrected chi connectivity index (χ3v) is 3.28. The second-order valence-corrected chi connectivity index (χ2v) is 4.89. The number of amides is 1. The Labute approximate surface area is 153 Å². The maximum absolute atomic E-state index is 14.2. The van der Waals surface area contributed by atoms with Crippen molar-refractivity contribution in [2.24, 2.45) is 5.92 Å². The zero-order valence-electron chi connectivity index (χ0n) is 12.5. The van der Waals surface area contributed by atoms with Crippen LogP contribution in [0.1, 0.15) is 18.9 Å². The van der Waals surface area contributed by atoms with E-state index in [-0.39, 0.29) is 68.2 Å². The molecule has 6 heteroatoms. The summed E-state index contributed by atoms with van der Waals surface area (Å²) < 4.78 is 33.5. The molecule has 0 spiro atoms. The van der Waals surface area contributed by atoms with Gasteiger partial charge >= 0.3 is 0 Å². The molecule has 1 aromatic rings. The number of benzene rings is 1. The van der Waals surface area contributed by atoms with Crippen molar-refractivity contribution in [3.05, 3.63) is 48.1 Å². The zero-order valence-corrected chi connectivity index (χ0v) is 15.4. The van der Waals surface area contributed by atoms with Crippen molar-refractivity contribution in [1.29, 1.82) is 0 Å². The molecule has 0 bridgehead atoms. The monoisotopic (exact) mass is 381 g/mol. The fourth-order valence-corrected chi connectivity index (χ4v) is 2.17. The molecule has 0 saturated heterocycles. The SMILES string of the molecule is C=CCOc1cc(F)c(C2=[C-]CC(C)C(=O)N2C)c(F)c1.[Y]. The van der Waals surface area contributed by atoms with Gasteiger partial charge in [-0.15, -0.1) is 5.70 Å². The predicted octanol–water partition coefficient (Wildman–Crippen LogP) is 3.17.